The topological polar surface area (TPSA) is 62.6 Å². The minimum Gasteiger partial charge on any atom is -0.496 e. The molecule has 186 valence electrons. The Hall–Kier alpha value is -4.29. The lowest BCUT2D eigenvalue weighted by molar-refractivity contribution is 0.348. The predicted octanol–water partition coefficient (Wildman–Crippen LogP) is 6.70. The highest BCUT2D eigenvalue weighted by Gasteiger charge is 2.15. The summed E-state index contributed by atoms with van der Waals surface area (Å²) in [7, 11) is 4.73. The zero-order valence-corrected chi connectivity index (χ0v) is 21.7. The van der Waals surface area contributed by atoms with Crippen LogP contribution in [0.2, 0.25) is 5.02 Å². The molecular weight excluding hydrogens is 488 g/mol. The molecule has 1 aromatic heterocycles. The molecule has 0 N–H and O–H groups in total. The molecule has 0 amide bonds. The van der Waals surface area contributed by atoms with Gasteiger partial charge in [-0.05, 0) is 65.7 Å². The molecule has 6 nitrogen and oxygen atoms in total. The molecule has 0 bridgehead atoms. The third-order valence-corrected chi connectivity index (χ3v) is 6.73. The van der Waals surface area contributed by atoms with Crippen molar-refractivity contribution in [1.82, 2.24) is 9.55 Å². The number of hydrogen-bond donors (Lipinski definition) is 0. The highest BCUT2D eigenvalue weighted by Crippen LogP contribution is 2.35. The van der Waals surface area contributed by atoms with Gasteiger partial charge in [0.2, 0.25) is 0 Å². The highest BCUT2D eigenvalue weighted by atomic mass is 35.5. The molecule has 0 aliphatic rings. The van der Waals surface area contributed by atoms with E-state index >= 15 is 0 Å². The van der Waals surface area contributed by atoms with Gasteiger partial charge in [-0.3, -0.25) is 9.36 Å². The van der Waals surface area contributed by atoms with E-state index in [1.807, 2.05) is 67.6 Å². The van der Waals surface area contributed by atoms with Gasteiger partial charge in [0.05, 0.1) is 37.9 Å². The van der Waals surface area contributed by atoms with Crippen molar-refractivity contribution in [3.05, 3.63) is 99.1 Å². The Morgan fingerprint density at radius 1 is 0.811 bits per heavy atom. The number of halogens is 1. The molecule has 0 atom stereocenters. The first-order valence-corrected chi connectivity index (χ1v) is 12.0. The van der Waals surface area contributed by atoms with Gasteiger partial charge in [0.25, 0.3) is 5.56 Å². The van der Waals surface area contributed by atoms with Crippen LogP contribution in [0.5, 0.6) is 17.2 Å². The van der Waals surface area contributed by atoms with E-state index in [-0.39, 0.29) is 5.56 Å². The van der Waals surface area contributed by atoms with Crippen LogP contribution in [0.15, 0.2) is 71.5 Å². The standard InChI is InChI=1S/C30H25ClN2O4/c1-18-9-11-22(16-24(18)31)33-29(12-10-21-15-27(36-3)28(37-4)17-26(21)35-2)32-25-14-20-8-6-5-7-19(20)13-23(25)30(33)34/h5-17H,1-4H3/b12-10+. The summed E-state index contributed by atoms with van der Waals surface area (Å²) in [4.78, 5) is 18.8. The Bertz CT molecular complexity index is 1740. The molecule has 0 aliphatic heterocycles. The normalized spacial score (nSPS) is 11.4. The van der Waals surface area contributed by atoms with E-state index in [1.54, 1.807) is 44.1 Å². The van der Waals surface area contributed by atoms with Gasteiger partial charge in [-0.1, -0.05) is 41.9 Å². The minimum absolute atomic E-state index is 0.186. The molecule has 5 rings (SSSR count). The van der Waals surface area contributed by atoms with E-state index < -0.39 is 0 Å². The average molecular weight is 513 g/mol. The van der Waals surface area contributed by atoms with Crippen molar-refractivity contribution < 1.29 is 14.2 Å². The summed E-state index contributed by atoms with van der Waals surface area (Å²) in [5, 5.41) is 3.08. The molecule has 0 saturated carbocycles. The van der Waals surface area contributed by atoms with Crippen LogP contribution in [0.25, 0.3) is 39.5 Å². The molecule has 0 saturated heterocycles. The van der Waals surface area contributed by atoms with Crippen molar-refractivity contribution in [3.8, 4) is 22.9 Å². The van der Waals surface area contributed by atoms with Crippen molar-refractivity contribution in [2.75, 3.05) is 21.3 Å². The van der Waals surface area contributed by atoms with Crippen molar-refractivity contribution in [2.24, 2.45) is 0 Å². The number of ether oxygens (including phenoxy) is 3. The van der Waals surface area contributed by atoms with Crippen molar-refractivity contribution >= 4 is 45.4 Å². The van der Waals surface area contributed by atoms with E-state index in [0.29, 0.717) is 44.7 Å². The summed E-state index contributed by atoms with van der Waals surface area (Å²) in [6.45, 7) is 1.92. The van der Waals surface area contributed by atoms with E-state index in [0.717, 1.165) is 21.9 Å². The number of benzene rings is 4. The van der Waals surface area contributed by atoms with E-state index in [9.17, 15) is 4.79 Å². The molecule has 7 heteroatoms. The maximum absolute atomic E-state index is 13.9. The maximum atomic E-state index is 13.9. The number of hydrogen-bond acceptors (Lipinski definition) is 5. The predicted molar refractivity (Wildman–Crippen MR) is 150 cm³/mol. The van der Waals surface area contributed by atoms with Crippen LogP contribution in [0.1, 0.15) is 17.0 Å². The van der Waals surface area contributed by atoms with Crippen molar-refractivity contribution in [1.29, 1.82) is 0 Å². The molecule has 1 heterocycles. The summed E-state index contributed by atoms with van der Waals surface area (Å²) in [6, 6.07) is 20.8. The SMILES string of the molecule is COc1cc(OC)c(OC)cc1/C=C/c1nc2cc3ccccc3cc2c(=O)n1-c1ccc(C)c(Cl)c1. The smallest absolute Gasteiger partial charge is 0.266 e. The summed E-state index contributed by atoms with van der Waals surface area (Å²) in [6.07, 6.45) is 3.62. The van der Waals surface area contributed by atoms with Crippen LogP contribution >= 0.6 is 11.6 Å². The molecule has 0 unspecified atom stereocenters. The van der Waals surface area contributed by atoms with E-state index in [4.69, 9.17) is 30.8 Å². The summed E-state index contributed by atoms with van der Waals surface area (Å²) >= 11 is 6.44. The van der Waals surface area contributed by atoms with Gasteiger partial charge in [-0.15, -0.1) is 0 Å². The van der Waals surface area contributed by atoms with Gasteiger partial charge in [-0.2, -0.15) is 0 Å². The van der Waals surface area contributed by atoms with E-state index in [2.05, 4.69) is 0 Å². The lowest BCUT2D eigenvalue weighted by Crippen LogP contribution is -2.22. The molecule has 5 aromatic rings. The largest absolute Gasteiger partial charge is 0.496 e. The number of rotatable bonds is 6. The third kappa shape index (κ3) is 4.52. The van der Waals surface area contributed by atoms with Gasteiger partial charge in [0.15, 0.2) is 11.5 Å². The first-order chi connectivity index (χ1) is 17.9. The fourth-order valence-electron chi connectivity index (χ4n) is 4.32. The van der Waals surface area contributed by atoms with Crippen LogP contribution in [0, 0.1) is 6.92 Å². The minimum atomic E-state index is -0.186. The third-order valence-electron chi connectivity index (χ3n) is 6.32. The fraction of sp³-hybridized carbons (Fsp3) is 0.133. The van der Waals surface area contributed by atoms with Crippen LogP contribution in [-0.2, 0) is 0 Å². The monoisotopic (exact) mass is 512 g/mol. The first kappa shape index (κ1) is 24.4. The van der Waals surface area contributed by atoms with Crippen LogP contribution in [0.3, 0.4) is 0 Å². The van der Waals surface area contributed by atoms with Gasteiger partial charge in [-0.25, -0.2) is 4.98 Å². The number of fused-ring (bicyclic) bond motifs is 2. The summed E-state index contributed by atoms with van der Waals surface area (Å²) < 4.78 is 18.0. The lowest BCUT2D eigenvalue weighted by Gasteiger charge is -2.14. The fourth-order valence-corrected chi connectivity index (χ4v) is 4.49. The van der Waals surface area contributed by atoms with Crippen molar-refractivity contribution in [2.45, 2.75) is 6.92 Å². The van der Waals surface area contributed by atoms with E-state index in [1.165, 1.54) is 0 Å². The lowest BCUT2D eigenvalue weighted by atomic mass is 10.1. The zero-order chi connectivity index (χ0) is 26.1. The number of aryl methyl sites for hydroxylation is 1. The molecule has 0 spiro atoms. The second-order valence-electron chi connectivity index (χ2n) is 8.54. The molecule has 37 heavy (non-hydrogen) atoms. The van der Waals surface area contributed by atoms with Crippen LogP contribution in [0.4, 0.5) is 0 Å². The Labute approximate surface area is 219 Å². The van der Waals surface area contributed by atoms with Gasteiger partial charge >= 0.3 is 0 Å². The Balaban J connectivity index is 1.77. The second kappa shape index (κ2) is 9.99. The summed E-state index contributed by atoms with van der Waals surface area (Å²) in [5.41, 5.74) is 2.71. The van der Waals surface area contributed by atoms with Crippen molar-refractivity contribution in [3.63, 3.8) is 0 Å². The zero-order valence-electron chi connectivity index (χ0n) is 20.9. The number of aromatic nitrogens is 2. The number of methoxy groups -OCH3 is 3. The van der Waals surface area contributed by atoms with Crippen LogP contribution < -0.4 is 19.8 Å². The first-order valence-electron chi connectivity index (χ1n) is 11.6. The molecular formula is C30H25ClN2O4. The quantitative estimate of drug-likeness (QED) is 0.237. The molecule has 0 aliphatic carbocycles. The summed E-state index contributed by atoms with van der Waals surface area (Å²) in [5.74, 6) is 2.15. The average Bonchev–Trinajstić information content (AvgIpc) is 2.92. The Morgan fingerprint density at radius 2 is 1.49 bits per heavy atom. The molecule has 0 fully saturated rings. The second-order valence-corrected chi connectivity index (χ2v) is 8.95. The molecule has 0 radical (unpaired) electrons. The Kier molecular flexibility index (Phi) is 6.59. The van der Waals surface area contributed by atoms with Crippen LogP contribution in [-0.4, -0.2) is 30.9 Å². The number of nitrogens with zero attached hydrogens (tertiary/aromatic N) is 2. The van der Waals surface area contributed by atoms with Gasteiger partial charge in [0, 0.05) is 16.7 Å². The molecule has 4 aromatic carbocycles. The maximum Gasteiger partial charge on any atom is 0.266 e. The van der Waals surface area contributed by atoms with Gasteiger partial charge < -0.3 is 14.2 Å². The highest BCUT2D eigenvalue weighted by molar-refractivity contribution is 6.31. The Morgan fingerprint density at radius 3 is 2.16 bits per heavy atom. The van der Waals surface area contributed by atoms with Gasteiger partial charge in [0.1, 0.15) is 11.6 Å².